The summed E-state index contributed by atoms with van der Waals surface area (Å²) in [7, 11) is -4.19. The van der Waals surface area contributed by atoms with Crippen LogP contribution in [0.3, 0.4) is 0 Å². The molecule has 39 heavy (non-hydrogen) atoms. The van der Waals surface area contributed by atoms with E-state index < -0.39 is 21.8 Å². The van der Waals surface area contributed by atoms with Gasteiger partial charge in [-0.15, -0.1) is 0 Å². The Hall–Kier alpha value is -3.76. The number of fused-ring (bicyclic) bond motifs is 2. The molecule has 0 unspecified atom stereocenters. The molecule has 4 heterocycles. The molecule has 0 saturated carbocycles. The zero-order chi connectivity index (χ0) is 28.2. The van der Waals surface area contributed by atoms with Crippen molar-refractivity contribution >= 4 is 27.8 Å². The molecule has 5 rings (SSSR count). The van der Waals surface area contributed by atoms with Crippen LogP contribution in [0, 0.1) is 6.92 Å². The number of hydrogen-bond acceptors (Lipinski definition) is 7. The van der Waals surface area contributed by atoms with E-state index in [0.717, 1.165) is 50.7 Å². The minimum absolute atomic E-state index is 0.192. The Labute approximate surface area is 224 Å². The molecule has 2 aromatic heterocycles. The normalized spacial score (nSPS) is 18.9. The first-order chi connectivity index (χ1) is 18.5. The molecular weight excluding hydrogens is 533 g/mol. The zero-order valence-electron chi connectivity index (χ0n) is 21.1. The van der Waals surface area contributed by atoms with Crippen LogP contribution < -0.4 is 9.62 Å². The van der Waals surface area contributed by atoms with Gasteiger partial charge in [-0.1, -0.05) is 30.3 Å². The van der Waals surface area contributed by atoms with E-state index in [2.05, 4.69) is 19.6 Å². The van der Waals surface area contributed by atoms with Crippen molar-refractivity contribution < 1.29 is 31.2 Å². The van der Waals surface area contributed by atoms with Crippen molar-refractivity contribution in [3.05, 3.63) is 65.7 Å². The summed E-state index contributed by atoms with van der Waals surface area (Å²) >= 11 is 0. The number of hydrogen-bond donors (Lipinski definition) is 1. The molecule has 0 aliphatic carbocycles. The topological polar surface area (TPSA) is 109 Å². The fraction of sp³-hybridized carbons (Fsp3) is 0.370. The van der Waals surface area contributed by atoms with Crippen LogP contribution in [-0.2, 0) is 25.8 Å². The number of anilines is 2. The SMILES string of the molecule is Cc1ccccc1-c1nc(NS(=O)(=O)c2cccc(N3C4CCCC3CCC4)n2)ccc1C(F)(F)F.O=C=O. The second-order valence-corrected chi connectivity index (χ2v) is 11.1. The average Bonchev–Trinajstić information content (AvgIpc) is 2.88. The van der Waals surface area contributed by atoms with Crippen LogP contribution in [0.4, 0.5) is 24.8 Å². The lowest BCUT2D eigenvalue weighted by atomic mass is 9.84. The number of sulfonamides is 1. The maximum atomic E-state index is 13.7. The molecule has 3 aromatic rings. The van der Waals surface area contributed by atoms with Crippen LogP contribution in [0.2, 0.25) is 0 Å². The number of carbonyl (C=O) groups excluding carboxylic acids is 2. The van der Waals surface area contributed by atoms with Gasteiger partial charge in [-0.2, -0.15) is 31.2 Å². The van der Waals surface area contributed by atoms with E-state index in [0.29, 0.717) is 23.5 Å². The van der Waals surface area contributed by atoms with Crippen molar-refractivity contribution in [1.29, 1.82) is 0 Å². The Bertz CT molecular complexity index is 1450. The summed E-state index contributed by atoms with van der Waals surface area (Å²) < 4.78 is 70.0. The third-order valence-electron chi connectivity index (χ3n) is 7.02. The van der Waals surface area contributed by atoms with Gasteiger partial charge in [0.2, 0.25) is 0 Å². The number of pyridine rings is 2. The zero-order valence-corrected chi connectivity index (χ0v) is 21.9. The van der Waals surface area contributed by atoms with Gasteiger partial charge in [-0.05, 0) is 75.3 Å². The van der Waals surface area contributed by atoms with Crippen molar-refractivity contribution in [2.24, 2.45) is 0 Å². The Kier molecular flexibility index (Phi) is 8.36. The van der Waals surface area contributed by atoms with E-state index in [1.165, 1.54) is 12.1 Å². The predicted octanol–water partition coefficient (Wildman–Crippen LogP) is 5.60. The molecule has 206 valence electrons. The van der Waals surface area contributed by atoms with Crippen molar-refractivity contribution in [3.63, 3.8) is 0 Å². The van der Waals surface area contributed by atoms with Gasteiger partial charge in [0.05, 0.1) is 11.3 Å². The lowest BCUT2D eigenvalue weighted by Crippen LogP contribution is -2.50. The number of rotatable bonds is 5. The van der Waals surface area contributed by atoms with E-state index in [9.17, 15) is 21.6 Å². The molecule has 0 radical (unpaired) electrons. The molecule has 1 N–H and O–H groups in total. The molecule has 2 aliphatic heterocycles. The number of piperidine rings is 2. The molecule has 0 spiro atoms. The molecule has 2 fully saturated rings. The van der Waals surface area contributed by atoms with Gasteiger partial charge >= 0.3 is 12.3 Å². The minimum Gasteiger partial charge on any atom is -0.351 e. The van der Waals surface area contributed by atoms with E-state index in [1.807, 2.05) is 6.07 Å². The van der Waals surface area contributed by atoms with Crippen molar-refractivity contribution in [1.82, 2.24) is 9.97 Å². The summed E-state index contributed by atoms with van der Waals surface area (Å²) in [5.74, 6) is 0.413. The van der Waals surface area contributed by atoms with Gasteiger partial charge in [-0.25, -0.2) is 9.97 Å². The Morgan fingerprint density at radius 3 is 2.10 bits per heavy atom. The molecule has 0 atom stereocenters. The second kappa shape index (κ2) is 11.5. The monoisotopic (exact) mass is 560 g/mol. The lowest BCUT2D eigenvalue weighted by molar-refractivity contribution is -0.191. The Balaban J connectivity index is 0.00000112. The molecule has 8 nitrogen and oxygen atoms in total. The molecule has 1 aromatic carbocycles. The maximum Gasteiger partial charge on any atom is 0.418 e. The number of benzene rings is 1. The van der Waals surface area contributed by atoms with Crippen LogP contribution >= 0.6 is 0 Å². The third-order valence-corrected chi connectivity index (χ3v) is 8.28. The standard InChI is InChI=1S/C26H27F3N4O2S.CO2/c1-17-7-2-3-12-20(17)25-21(26(27,28)29)15-16-22(30-25)32-36(34,35)24-14-6-13-23(31-24)33-18-8-4-9-19(33)11-5-10-18;2-1-3/h2-3,6-7,12-16,18-19H,4-5,8-11H2,1H3,(H,30,32);. The van der Waals surface area contributed by atoms with Gasteiger partial charge in [-0.3, -0.25) is 4.72 Å². The number of halogens is 3. The number of nitrogens with zero attached hydrogens (tertiary/aromatic N) is 3. The smallest absolute Gasteiger partial charge is 0.351 e. The molecule has 12 heteroatoms. The fourth-order valence-electron chi connectivity index (χ4n) is 5.37. The molecule has 2 bridgehead atoms. The highest BCUT2D eigenvalue weighted by molar-refractivity contribution is 7.92. The van der Waals surface area contributed by atoms with E-state index in [4.69, 9.17) is 9.59 Å². The van der Waals surface area contributed by atoms with Gasteiger partial charge in [0, 0.05) is 17.6 Å². The lowest BCUT2D eigenvalue weighted by Gasteiger charge is -2.47. The molecular formula is C27H27F3N4O4S. The summed E-state index contributed by atoms with van der Waals surface area (Å²) in [6.45, 7) is 1.68. The first kappa shape index (κ1) is 28.3. The van der Waals surface area contributed by atoms with Crippen LogP contribution in [-0.4, -0.2) is 36.6 Å². The van der Waals surface area contributed by atoms with E-state index >= 15 is 0 Å². The highest BCUT2D eigenvalue weighted by Gasteiger charge is 2.36. The highest BCUT2D eigenvalue weighted by atomic mass is 32.2. The number of aromatic nitrogens is 2. The Morgan fingerprint density at radius 2 is 1.51 bits per heavy atom. The summed E-state index contributed by atoms with van der Waals surface area (Å²) in [5, 5.41) is -0.192. The van der Waals surface area contributed by atoms with Gasteiger partial charge in [0.1, 0.15) is 11.6 Å². The van der Waals surface area contributed by atoms with Crippen LogP contribution in [0.1, 0.15) is 49.7 Å². The maximum absolute atomic E-state index is 13.7. The summed E-state index contributed by atoms with van der Waals surface area (Å²) in [6.07, 6.45) is 2.16. The summed E-state index contributed by atoms with van der Waals surface area (Å²) in [6, 6.07) is 14.0. The highest BCUT2D eigenvalue weighted by Crippen LogP contribution is 2.39. The second-order valence-electron chi connectivity index (χ2n) is 9.50. The van der Waals surface area contributed by atoms with Gasteiger partial charge < -0.3 is 4.90 Å². The van der Waals surface area contributed by atoms with Crippen molar-refractivity contribution in [2.45, 2.75) is 68.7 Å². The van der Waals surface area contributed by atoms with Crippen LogP contribution in [0.15, 0.2) is 59.6 Å². The summed E-state index contributed by atoms with van der Waals surface area (Å²) in [4.78, 5) is 27.1. The van der Waals surface area contributed by atoms with E-state index in [-0.39, 0.29) is 28.3 Å². The summed E-state index contributed by atoms with van der Waals surface area (Å²) in [5.41, 5.74) is -0.389. The van der Waals surface area contributed by atoms with Crippen molar-refractivity contribution in [3.8, 4) is 11.3 Å². The first-order valence-electron chi connectivity index (χ1n) is 12.5. The van der Waals surface area contributed by atoms with E-state index in [1.54, 1.807) is 31.2 Å². The molecule has 0 amide bonds. The largest absolute Gasteiger partial charge is 0.418 e. The van der Waals surface area contributed by atoms with Gasteiger partial charge in [0.25, 0.3) is 10.0 Å². The number of alkyl halides is 3. The Morgan fingerprint density at radius 1 is 0.897 bits per heavy atom. The molecule has 2 aliphatic rings. The average molecular weight is 561 g/mol. The third kappa shape index (κ3) is 6.29. The van der Waals surface area contributed by atoms with Crippen LogP contribution in [0.5, 0.6) is 0 Å². The molecule has 2 saturated heterocycles. The predicted molar refractivity (Wildman–Crippen MR) is 137 cm³/mol. The van der Waals surface area contributed by atoms with Gasteiger partial charge in [0.15, 0.2) is 5.03 Å². The quantitative estimate of drug-likeness (QED) is 0.433. The number of nitrogens with one attached hydrogen (secondary N) is 1. The first-order valence-corrected chi connectivity index (χ1v) is 13.9. The van der Waals surface area contributed by atoms with Crippen molar-refractivity contribution in [2.75, 3.05) is 9.62 Å². The number of aryl methyl sites for hydroxylation is 1. The fourth-order valence-corrected chi connectivity index (χ4v) is 6.34. The minimum atomic E-state index is -4.65. The van der Waals surface area contributed by atoms with Crippen LogP contribution in [0.25, 0.3) is 11.3 Å².